The van der Waals surface area contributed by atoms with Crippen molar-refractivity contribution in [2.24, 2.45) is 11.7 Å². The molecule has 3 nitrogen and oxygen atoms in total. The van der Waals surface area contributed by atoms with Crippen LogP contribution in [-0.2, 0) is 4.74 Å². The van der Waals surface area contributed by atoms with Gasteiger partial charge in [-0.2, -0.15) is 0 Å². The minimum Gasteiger partial charge on any atom is -0.381 e. The molecule has 0 aliphatic carbocycles. The van der Waals surface area contributed by atoms with E-state index in [2.05, 4.69) is 11.8 Å². The summed E-state index contributed by atoms with van der Waals surface area (Å²) in [5.41, 5.74) is 5.53. The summed E-state index contributed by atoms with van der Waals surface area (Å²) < 4.78 is 5.39. The molecule has 0 spiro atoms. The van der Waals surface area contributed by atoms with Crippen molar-refractivity contribution in [3.63, 3.8) is 0 Å². The van der Waals surface area contributed by atoms with Gasteiger partial charge in [-0.3, -0.25) is 0 Å². The summed E-state index contributed by atoms with van der Waals surface area (Å²) in [4.78, 5) is 2.53. The maximum absolute atomic E-state index is 5.53. The fourth-order valence-electron chi connectivity index (χ4n) is 2.02. The summed E-state index contributed by atoms with van der Waals surface area (Å²) >= 11 is 0. The molecule has 1 rings (SSSR count). The predicted octanol–water partition coefficient (Wildman–Crippen LogP) is 1.08. The van der Waals surface area contributed by atoms with Crippen LogP contribution >= 0.6 is 0 Å². The highest BCUT2D eigenvalue weighted by atomic mass is 16.5. The largest absolute Gasteiger partial charge is 0.381 e. The van der Waals surface area contributed by atoms with Gasteiger partial charge in [0, 0.05) is 13.2 Å². The van der Waals surface area contributed by atoms with Gasteiger partial charge in [-0.15, -0.1) is 0 Å². The van der Waals surface area contributed by atoms with E-state index < -0.39 is 0 Å². The molecule has 0 amide bonds. The summed E-state index contributed by atoms with van der Waals surface area (Å²) in [6.45, 7) is 8.53. The highest BCUT2D eigenvalue weighted by Gasteiger charge is 2.18. The average Bonchev–Trinajstić information content (AvgIpc) is 2.67. The summed E-state index contributed by atoms with van der Waals surface area (Å²) in [7, 11) is 0. The van der Waals surface area contributed by atoms with E-state index in [1.54, 1.807) is 0 Å². The summed E-state index contributed by atoms with van der Waals surface area (Å²) in [5, 5.41) is 0. The lowest BCUT2D eigenvalue weighted by Crippen LogP contribution is -2.32. The van der Waals surface area contributed by atoms with Gasteiger partial charge in [0.15, 0.2) is 0 Å². The van der Waals surface area contributed by atoms with Crippen molar-refractivity contribution in [2.75, 3.05) is 39.4 Å². The Bertz CT molecular complexity index is 135. The van der Waals surface area contributed by atoms with Gasteiger partial charge in [0.2, 0.25) is 0 Å². The third-order valence-electron chi connectivity index (χ3n) is 2.76. The van der Waals surface area contributed by atoms with E-state index >= 15 is 0 Å². The Morgan fingerprint density at radius 3 is 2.86 bits per heavy atom. The van der Waals surface area contributed by atoms with Crippen molar-refractivity contribution < 1.29 is 4.74 Å². The summed E-state index contributed by atoms with van der Waals surface area (Å²) in [6.07, 6.45) is 3.59. The molecule has 1 atom stereocenters. The first kappa shape index (κ1) is 12.0. The highest BCUT2D eigenvalue weighted by Crippen LogP contribution is 2.14. The first-order valence-electron chi connectivity index (χ1n) is 5.87. The Morgan fingerprint density at radius 1 is 1.43 bits per heavy atom. The second-order valence-corrected chi connectivity index (χ2v) is 4.17. The molecule has 84 valence electrons. The van der Waals surface area contributed by atoms with Crippen LogP contribution < -0.4 is 5.73 Å². The molecule has 0 saturated carbocycles. The Morgan fingerprint density at radius 2 is 2.29 bits per heavy atom. The van der Waals surface area contributed by atoms with Gasteiger partial charge in [0.1, 0.15) is 0 Å². The second-order valence-electron chi connectivity index (χ2n) is 4.17. The molecule has 1 fully saturated rings. The van der Waals surface area contributed by atoms with Crippen LogP contribution in [0.2, 0.25) is 0 Å². The summed E-state index contributed by atoms with van der Waals surface area (Å²) in [6, 6.07) is 0. The fraction of sp³-hybridized carbons (Fsp3) is 1.00. The number of hydrogen-bond acceptors (Lipinski definition) is 3. The SMILES string of the molecule is CCCN(CCCN)CC1CCOC1. The molecular formula is C11H24N2O. The monoisotopic (exact) mass is 200 g/mol. The molecular weight excluding hydrogens is 176 g/mol. The molecule has 0 radical (unpaired) electrons. The zero-order valence-electron chi connectivity index (χ0n) is 9.37. The standard InChI is InChI=1S/C11H24N2O/c1-2-6-13(7-3-5-12)9-11-4-8-14-10-11/h11H,2-10,12H2,1H3. The molecule has 1 aliphatic rings. The minimum absolute atomic E-state index is 0.763. The van der Waals surface area contributed by atoms with E-state index in [1.807, 2.05) is 0 Å². The second kappa shape index (κ2) is 7.21. The van der Waals surface area contributed by atoms with Gasteiger partial charge >= 0.3 is 0 Å². The van der Waals surface area contributed by atoms with Crippen molar-refractivity contribution in [2.45, 2.75) is 26.2 Å². The predicted molar refractivity (Wildman–Crippen MR) is 59.3 cm³/mol. The van der Waals surface area contributed by atoms with Crippen LogP contribution in [0.4, 0.5) is 0 Å². The van der Waals surface area contributed by atoms with Gasteiger partial charge in [-0.05, 0) is 44.8 Å². The van der Waals surface area contributed by atoms with Gasteiger partial charge in [0.05, 0.1) is 6.61 Å². The maximum atomic E-state index is 5.53. The molecule has 2 N–H and O–H groups in total. The lowest BCUT2D eigenvalue weighted by atomic mass is 10.1. The van der Waals surface area contributed by atoms with E-state index in [-0.39, 0.29) is 0 Å². The molecule has 1 heterocycles. The van der Waals surface area contributed by atoms with E-state index in [0.29, 0.717) is 0 Å². The Balaban J connectivity index is 2.18. The third-order valence-corrected chi connectivity index (χ3v) is 2.76. The van der Waals surface area contributed by atoms with Crippen molar-refractivity contribution >= 4 is 0 Å². The van der Waals surface area contributed by atoms with Gasteiger partial charge in [-0.25, -0.2) is 0 Å². The lowest BCUT2D eigenvalue weighted by molar-refractivity contribution is 0.166. The molecule has 0 aromatic carbocycles. The highest BCUT2D eigenvalue weighted by molar-refractivity contribution is 4.69. The van der Waals surface area contributed by atoms with Gasteiger partial charge in [0.25, 0.3) is 0 Å². The van der Waals surface area contributed by atoms with E-state index in [4.69, 9.17) is 10.5 Å². The van der Waals surface area contributed by atoms with Crippen LogP contribution in [0, 0.1) is 5.92 Å². The smallest absolute Gasteiger partial charge is 0.0507 e. The molecule has 1 saturated heterocycles. The van der Waals surface area contributed by atoms with Crippen molar-refractivity contribution in [3.8, 4) is 0 Å². The zero-order valence-corrected chi connectivity index (χ0v) is 9.37. The zero-order chi connectivity index (χ0) is 10.2. The van der Waals surface area contributed by atoms with Crippen LogP contribution in [0.3, 0.4) is 0 Å². The first-order chi connectivity index (χ1) is 6.86. The van der Waals surface area contributed by atoms with Crippen molar-refractivity contribution in [1.82, 2.24) is 4.90 Å². The molecule has 1 aliphatic heterocycles. The average molecular weight is 200 g/mol. The quantitative estimate of drug-likeness (QED) is 0.668. The molecule has 0 aromatic rings. The number of hydrogen-bond donors (Lipinski definition) is 1. The lowest BCUT2D eigenvalue weighted by Gasteiger charge is -2.24. The van der Waals surface area contributed by atoms with E-state index in [9.17, 15) is 0 Å². The molecule has 3 heteroatoms. The Labute approximate surface area is 87.6 Å². The van der Waals surface area contributed by atoms with E-state index in [0.717, 1.165) is 38.6 Å². The van der Waals surface area contributed by atoms with E-state index in [1.165, 1.54) is 25.9 Å². The third kappa shape index (κ3) is 4.40. The maximum Gasteiger partial charge on any atom is 0.0507 e. The Hall–Kier alpha value is -0.120. The normalized spacial score (nSPS) is 22.1. The van der Waals surface area contributed by atoms with Gasteiger partial charge in [-0.1, -0.05) is 6.92 Å². The molecule has 14 heavy (non-hydrogen) atoms. The van der Waals surface area contributed by atoms with Crippen molar-refractivity contribution in [3.05, 3.63) is 0 Å². The van der Waals surface area contributed by atoms with Gasteiger partial charge < -0.3 is 15.4 Å². The van der Waals surface area contributed by atoms with Crippen LogP contribution in [0.15, 0.2) is 0 Å². The minimum atomic E-state index is 0.763. The molecule has 0 bridgehead atoms. The molecule has 0 aromatic heterocycles. The Kier molecular flexibility index (Phi) is 6.15. The number of nitrogens with two attached hydrogens (primary N) is 1. The first-order valence-corrected chi connectivity index (χ1v) is 5.87. The topological polar surface area (TPSA) is 38.5 Å². The van der Waals surface area contributed by atoms with Crippen LogP contribution in [0.1, 0.15) is 26.2 Å². The fourth-order valence-corrected chi connectivity index (χ4v) is 2.02. The molecule has 1 unspecified atom stereocenters. The number of nitrogens with zero attached hydrogens (tertiary/aromatic N) is 1. The van der Waals surface area contributed by atoms with Crippen molar-refractivity contribution in [1.29, 1.82) is 0 Å². The van der Waals surface area contributed by atoms with Crippen LogP contribution in [-0.4, -0.2) is 44.3 Å². The summed E-state index contributed by atoms with van der Waals surface area (Å²) in [5.74, 6) is 0.763. The number of ether oxygens (including phenoxy) is 1. The van der Waals surface area contributed by atoms with Crippen LogP contribution in [0.25, 0.3) is 0 Å². The van der Waals surface area contributed by atoms with Crippen LogP contribution in [0.5, 0.6) is 0 Å². The number of rotatable bonds is 7.